The number of aryl methyl sites for hydroxylation is 1. The van der Waals surface area contributed by atoms with Crippen LogP contribution in [0.5, 0.6) is 0 Å². The van der Waals surface area contributed by atoms with Gasteiger partial charge in [0, 0.05) is 19.8 Å². The first-order valence-corrected chi connectivity index (χ1v) is 6.23. The van der Waals surface area contributed by atoms with Crippen LogP contribution in [0.3, 0.4) is 0 Å². The van der Waals surface area contributed by atoms with Gasteiger partial charge in [-0.2, -0.15) is 5.10 Å². The first-order valence-electron chi connectivity index (χ1n) is 6.23. The molecule has 3 rings (SSSR count). The van der Waals surface area contributed by atoms with Gasteiger partial charge in [-0.15, -0.1) is 0 Å². The number of hydrogen-bond donors (Lipinski definition) is 2. The Morgan fingerprint density at radius 1 is 1.16 bits per heavy atom. The first kappa shape index (κ1) is 11.6. The van der Waals surface area contributed by atoms with E-state index in [2.05, 4.69) is 52.9 Å². The van der Waals surface area contributed by atoms with E-state index in [9.17, 15) is 0 Å². The predicted molar refractivity (Wildman–Crippen MR) is 78.9 cm³/mol. The number of aromatic nitrogens is 2. The Morgan fingerprint density at radius 3 is 2.74 bits per heavy atom. The highest BCUT2D eigenvalue weighted by Gasteiger charge is 2.05. The van der Waals surface area contributed by atoms with Gasteiger partial charge < -0.3 is 11.1 Å². The summed E-state index contributed by atoms with van der Waals surface area (Å²) in [5.74, 6) is 0.732. The lowest BCUT2D eigenvalue weighted by molar-refractivity contribution is 0.768. The van der Waals surface area contributed by atoms with Crippen molar-refractivity contribution in [1.29, 1.82) is 0 Å². The summed E-state index contributed by atoms with van der Waals surface area (Å²) in [5.41, 5.74) is 7.78. The molecule has 1 aromatic heterocycles. The van der Waals surface area contributed by atoms with Gasteiger partial charge in [-0.1, -0.05) is 42.5 Å². The molecule has 0 aliphatic rings. The minimum atomic E-state index is 0.669. The van der Waals surface area contributed by atoms with E-state index >= 15 is 0 Å². The summed E-state index contributed by atoms with van der Waals surface area (Å²) in [6.07, 6.45) is 1.80. The number of nitrogens with one attached hydrogen (secondary N) is 1. The summed E-state index contributed by atoms with van der Waals surface area (Å²) < 4.78 is 1.71. The molecule has 0 bridgehead atoms. The highest BCUT2D eigenvalue weighted by molar-refractivity contribution is 5.85. The SMILES string of the molecule is Cn1cc(N)c(NCc2cccc3ccccc23)n1. The van der Waals surface area contributed by atoms with Crippen molar-refractivity contribution >= 4 is 22.3 Å². The third kappa shape index (κ3) is 2.25. The smallest absolute Gasteiger partial charge is 0.171 e. The molecule has 3 N–H and O–H groups in total. The molecule has 4 heteroatoms. The Morgan fingerprint density at radius 2 is 1.95 bits per heavy atom. The minimum absolute atomic E-state index is 0.669. The summed E-state index contributed by atoms with van der Waals surface area (Å²) in [6, 6.07) is 14.7. The maximum absolute atomic E-state index is 5.87. The number of hydrogen-bond acceptors (Lipinski definition) is 3. The molecule has 0 amide bonds. The van der Waals surface area contributed by atoms with E-state index in [0.717, 1.165) is 5.82 Å². The van der Waals surface area contributed by atoms with Crippen LogP contribution in [-0.4, -0.2) is 9.78 Å². The number of benzene rings is 2. The van der Waals surface area contributed by atoms with Crippen molar-refractivity contribution in [2.24, 2.45) is 7.05 Å². The molecule has 0 aliphatic heterocycles. The second-order valence-corrected chi connectivity index (χ2v) is 4.60. The highest BCUT2D eigenvalue weighted by atomic mass is 15.3. The Bertz CT molecular complexity index is 710. The van der Waals surface area contributed by atoms with E-state index in [1.165, 1.54) is 16.3 Å². The molecule has 0 fully saturated rings. The zero-order valence-electron chi connectivity index (χ0n) is 10.8. The number of rotatable bonds is 3. The summed E-state index contributed by atoms with van der Waals surface area (Å²) in [4.78, 5) is 0. The van der Waals surface area contributed by atoms with Crippen molar-refractivity contribution in [3.05, 3.63) is 54.2 Å². The molecule has 0 saturated heterocycles. The molecule has 0 radical (unpaired) electrons. The molecular weight excluding hydrogens is 236 g/mol. The Kier molecular flexibility index (Phi) is 2.83. The van der Waals surface area contributed by atoms with E-state index < -0.39 is 0 Å². The van der Waals surface area contributed by atoms with Crippen LogP contribution in [0.15, 0.2) is 48.7 Å². The van der Waals surface area contributed by atoms with Crippen LogP contribution in [0.4, 0.5) is 11.5 Å². The van der Waals surface area contributed by atoms with Crippen LogP contribution < -0.4 is 11.1 Å². The molecule has 0 saturated carbocycles. The summed E-state index contributed by atoms with van der Waals surface area (Å²) in [7, 11) is 1.86. The summed E-state index contributed by atoms with van der Waals surface area (Å²) in [6.45, 7) is 0.711. The van der Waals surface area contributed by atoms with Gasteiger partial charge in [-0.05, 0) is 16.3 Å². The van der Waals surface area contributed by atoms with Gasteiger partial charge in [0.15, 0.2) is 5.82 Å². The van der Waals surface area contributed by atoms with Crippen LogP contribution in [0.2, 0.25) is 0 Å². The second-order valence-electron chi connectivity index (χ2n) is 4.60. The molecular formula is C15H16N4. The molecule has 0 spiro atoms. The van der Waals surface area contributed by atoms with Crippen molar-refractivity contribution in [2.75, 3.05) is 11.1 Å². The number of fused-ring (bicyclic) bond motifs is 1. The number of nitrogens with zero attached hydrogens (tertiary/aromatic N) is 2. The van der Waals surface area contributed by atoms with Crippen LogP contribution in [0, 0.1) is 0 Å². The molecule has 4 nitrogen and oxygen atoms in total. The van der Waals surface area contributed by atoms with Crippen molar-refractivity contribution in [2.45, 2.75) is 6.54 Å². The third-order valence-corrected chi connectivity index (χ3v) is 3.18. The Balaban J connectivity index is 1.88. The predicted octanol–water partition coefficient (Wildman–Crippen LogP) is 2.77. The van der Waals surface area contributed by atoms with Crippen molar-refractivity contribution in [3.63, 3.8) is 0 Å². The Hall–Kier alpha value is -2.49. The average Bonchev–Trinajstić information content (AvgIpc) is 2.74. The molecule has 1 heterocycles. The van der Waals surface area contributed by atoms with Gasteiger partial charge in [0.05, 0.1) is 5.69 Å². The van der Waals surface area contributed by atoms with E-state index in [-0.39, 0.29) is 0 Å². The lowest BCUT2D eigenvalue weighted by atomic mass is 10.0. The second kappa shape index (κ2) is 4.65. The molecule has 2 aromatic carbocycles. The zero-order chi connectivity index (χ0) is 13.2. The molecule has 96 valence electrons. The topological polar surface area (TPSA) is 55.9 Å². The minimum Gasteiger partial charge on any atom is -0.394 e. The maximum atomic E-state index is 5.87. The first-order chi connectivity index (χ1) is 9.24. The van der Waals surface area contributed by atoms with Crippen LogP contribution in [0.1, 0.15) is 5.56 Å². The van der Waals surface area contributed by atoms with E-state index in [0.29, 0.717) is 12.2 Å². The molecule has 0 unspecified atom stereocenters. The van der Waals surface area contributed by atoms with Gasteiger partial charge in [0.1, 0.15) is 0 Å². The van der Waals surface area contributed by atoms with Crippen molar-refractivity contribution in [1.82, 2.24) is 9.78 Å². The van der Waals surface area contributed by atoms with Gasteiger partial charge >= 0.3 is 0 Å². The summed E-state index contributed by atoms with van der Waals surface area (Å²) in [5, 5.41) is 10.1. The Labute approximate surface area is 111 Å². The van der Waals surface area contributed by atoms with E-state index in [1.807, 2.05) is 7.05 Å². The molecule has 3 aromatic rings. The lowest BCUT2D eigenvalue weighted by Crippen LogP contribution is -2.03. The van der Waals surface area contributed by atoms with Gasteiger partial charge in [0.25, 0.3) is 0 Å². The highest BCUT2D eigenvalue weighted by Crippen LogP contribution is 2.21. The normalized spacial score (nSPS) is 10.8. The molecule has 19 heavy (non-hydrogen) atoms. The summed E-state index contributed by atoms with van der Waals surface area (Å²) >= 11 is 0. The fourth-order valence-electron chi connectivity index (χ4n) is 2.27. The van der Waals surface area contributed by atoms with Gasteiger partial charge in [-0.25, -0.2) is 0 Å². The molecule has 0 aliphatic carbocycles. The number of nitrogen functional groups attached to an aromatic ring is 1. The van der Waals surface area contributed by atoms with E-state index in [1.54, 1.807) is 10.9 Å². The van der Waals surface area contributed by atoms with E-state index in [4.69, 9.17) is 5.73 Å². The number of nitrogens with two attached hydrogens (primary N) is 1. The standard InChI is InChI=1S/C15H16N4/c1-19-10-14(16)15(18-19)17-9-12-7-4-6-11-5-2-3-8-13(11)12/h2-8,10H,9,16H2,1H3,(H,17,18). The monoisotopic (exact) mass is 252 g/mol. The molecule has 0 atom stereocenters. The zero-order valence-corrected chi connectivity index (χ0v) is 10.8. The fraction of sp³-hybridized carbons (Fsp3) is 0.133. The maximum Gasteiger partial charge on any atom is 0.171 e. The van der Waals surface area contributed by atoms with Crippen LogP contribution >= 0.6 is 0 Å². The number of anilines is 2. The van der Waals surface area contributed by atoms with Crippen LogP contribution in [0.25, 0.3) is 10.8 Å². The van der Waals surface area contributed by atoms with Crippen molar-refractivity contribution < 1.29 is 0 Å². The quantitative estimate of drug-likeness (QED) is 0.753. The van der Waals surface area contributed by atoms with Gasteiger partial charge in [-0.3, -0.25) is 4.68 Å². The third-order valence-electron chi connectivity index (χ3n) is 3.18. The fourth-order valence-corrected chi connectivity index (χ4v) is 2.27. The average molecular weight is 252 g/mol. The van der Waals surface area contributed by atoms with Crippen molar-refractivity contribution in [3.8, 4) is 0 Å². The van der Waals surface area contributed by atoms with Gasteiger partial charge in [0.2, 0.25) is 0 Å². The van der Waals surface area contributed by atoms with Crippen LogP contribution in [-0.2, 0) is 13.6 Å². The largest absolute Gasteiger partial charge is 0.394 e. The lowest BCUT2D eigenvalue weighted by Gasteiger charge is -2.08.